The maximum atomic E-state index is 13.2. The summed E-state index contributed by atoms with van der Waals surface area (Å²) in [5.41, 5.74) is 1.90. The van der Waals surface area contributed by atoms with Crippen LogP contribution in [0.5, 0.6) is 0 Å². The number of aryl methyl sites for hydroxylation is 1. The summed E-state index contributed by atoms with van der Waals surface area (Å²) in [6.07, 6.45) is 6.19. The number of aromatic amines is 1. The highest BCUT2D eigenvalue weighted by Gasteiger charge is 2.33. The molecular formula is C17H24N4O3S. The Bertz CT molecular complexity index is 872. The molecule has 7 nitrogen and oxygen atoms in total. The number of aromatic nitrogens is 3. The van der Waals surface area contributed by atoms with E-state index in [0.717, 1.165) is 38.5 Å². The normalized spacial score (nSPS) is 19.9. The molecule has 136 valence electrons. The molecule has 1 aliphatic carbocycles. The highest BCUT2D eigenvalue weighted by Crippen LogP contribution is 2.40. The van der Waals surface area contributed by atoms with E-state index in [-0.39, 0.29) is 0 Å². The molecule has 0 spiro atoms. The first-order valence-electron chi connectivity index (χ1n) is 9.01. The number of H-pyrrole nitrogens is 1. The molecule has 1 aliphatic heterocycles. The first kappa shape index (κ1) is 16.8. The maximum Gasteiger partial charge on any atom is 0.264 e. The van der Waals surface area contributed by atoms with Gasteiger partial charge in [-0.3, -0.25) is 0 Å². The monoisotopic (exact) mass is 364 g/mol. The Morgan fingerprint density at radius 1 is 1.08 bits per heavy atom. The van der Waals surface area contributed by atoms with Gasteiger partial charge in [0.1, 0.15) is 10.6 Å². The van der Waals surface area contributed by atoms with Gasteiger partial charge in [0.15, 0.2) is 0 Å². The van der Waals surface area contributed by atoms with Crippen molar-refractivity contribution in [1.82, 2.24) is 19.5 Å². The molecule has 1 N–H and O–H groups in total. The number of hydrogen-bond acceptors (Lipinski definition) is 5. The van der Waals surface area contributed by atoms with Gasteiger partial charge in [-0.05, 0) is 45.1 Å². The van der Waals surface area contributed by atoms with Crippen LogP contribution in [-0.2, 0) is 10.0 Å². The zero-order valence-corrected chi connectivity index (χ0v) is 15.5. The van der Waals surface area contributed by atoms with Gasteiger partial charge in [-0.1, -0.05) is 12.8 Å². The van der Waals surface area contributed by atoms with Gasteiger partial charge in [-0.15, -0.1) is 10.2 Å². The zero-order chi connectivity index (χ0) is 17.6. The van der Waals surface area contributed by atoms with Gasteiger partial charge in [0.05, 0.1) is 0 Å². The molecule has 0 aromatic carbocycles. The number of rotatable bonds is 4. The van der Waals surface area contributed by atoms with Crippen molar-refractivity contribution in [2.45, 2.75) is 63.2 Å². The van der Waals surface area contributed by atoms with Crippen LogP contribution < -0.4 is 0 Å². The minimum Gasteiger partial charge on any atom is -0.419 e. The number of sulfonamides is 1. The molecule has 3 heterocycles. The van der Waals surface area contributed by atoms with Crippen LogP contribution in [0.15, 0.2) is 9.31 Å². The summed E-state index contributed by atoms with van der Waals surface area (Å²) in [6.45, 7) is 4.78. The number of hydrogen-bond donors (Lipinski definition) is 1. The molecule has 1 saturated heterocycles. The summed E-state index contributed by atoms with van der Waals surface area (Å²) in [5.74, 6) is 1.40. The average molecular weight is 364 g/mol. The molecule has 2 aliphatic rings. The van der Waals surface area contributed by atoms with Crippen molar-refractivity contribution in [1.29, 1.82) is 0 Å². The van der Waals surface area contributed by atoms with Crippen molar-refractivity contribution < 1.29 is 12.8 Å². The third kappa shape index (κ3) is 3.01. The summed E-state index contributed by atoms with van der Waals surface area (Å²) in [4.78, 5) is 3.52. The van der Waals surface area contributed by atoms with E-state index >= 15 is 0 Å². The Morgan fingerprint density at radius 3 is 2.40 bits per heavy atom. The van der Waals surface area contributed by atoms with Gasteiger partial charge in [-0.25, -0.2) is 8.42 Å². The van der Waals surface area contributed by atoms with E-state index in [2.05, 4.69) is 15.2 Å². The lowest BCUT2D eigenvalue weighted by atomic mass is 10.2. The average Bonchev–Trinajstić information content (AvgIpc) is 3.30. The zero-order valence-electron chi connectivity index (χ0n) is 14.7. The van der Waals surface area contributed by atoms with E-state index in [9.17, 15) is 8.42 Å². The third-order valence-electron chi connectivity index (χ3n) is 5.11. The summed E-state index contributed by atoms with van der Waals surface area (Å²) >= 11 is 0. The van der Waals surface area contributed by atoms with Crippen LogP contribution in [0.1, 0.15) is 61.6 Å². The summed E-state index contributed by atoms with van der Waals surface area (Å²) in [5, 5.41) is 8.22. The lowest BCUT2D eigenvalue weighted by molar-refractivity contribution is 0.423. The molecule has 0 bridgehead atoms. The largest absolute Gasteiger partial charge is 0.419 e. The van der Waals surface area contributed by atoms with E-state index in [4.69, 9.17) is 4.42 Å². The van der Waals surface area contributed by atoms with E-state index in [0.29, 0.717) is 52.6 Å². The highest BCUT2D eigenvalue weighted by molar-refractivity contribution is 7.89. The fraction of sp³-hybridized carbons (Fsp3) is 0.647. The number of nitrogens with zero attached hydrogens (tertiary/aromatic N) is 3. The number of nitrogens with one attached hydrogen (secondary N) is 1. The quantitative estimate of drug-likeness (QED) is 0.900. The van der Waals surface area contributed by atoms with Crippen LogP contribution >= 0.6 is 0 Å². The van der Waals surface area contributed by atoms with Crippen molar-refractivity contribution in [3.63, 3.8) is 0 Å². The highest BCUT2D eigenvalue weighted by atomic mass is 32.2. The molecule has 0 unspecified atom stereocenters. The predicted molar refractivity (Wildman–Crippen MR) is 92.8 cm³/mol. The van der Waals surface area contributed by atoms with E-state index in [1.165, 1.54) is 0 Å². The van der Waals surface area contributed by atoms with E-state index < -0.39 is 10.0 Å². The summed E-state index contributed by atoms with van der Waals surface area (Å²) < 4.78 is 33.8. The van der Waals surface area contributed by atoms with Crippen LogP contribution in [-0.4, -0.2) is 41.0 Å². The van der Waals surface area contributed by atoms with Crippen LogP contribution in [0.2, 0.25) is 0 Å². The van der Waals surface area contributed by atoms with Crippen LogP contribution in [0.3, 0.4) is 0 Å². The minimum absolute atomic E-state index is 0.357. The van der Waals surface area contributed by atoms with E-state index in [1.54, 1.807) is 11.2 Å². The Hall–Kier alpha value is -1.67. The fourth-order valence-corrected chi connectivity index (χ4v) is 5.50. The second-order valence-electron chi connectivity index (χ2n) is 7.12. The molecular weight excluding hydrogens is 340 g/mol. The molecule has 1 saturated carbocycles. The van der Waals surface area contributed by atoms with Gasteiger partial charge in [0, 0.05) is 24.7 Å². The molecule has 2 aromatic rings. The molecule has 2 fully saturated rings. The van der Waals surface area contributed by atoms with Crippen molar-refractivity contribution in [2.75, 3.05) is 13.1 Å². The molecule has 25 heavy (non-hydrogen) atoms. The molecule has 8 heteroatoms. The van der Waals surface area contributed by atoms with Crippen LogP contribution in [0.4, 0.5) is 0 Å². The SMILES string of the molecule is Cc1[nH]c(-c2nnc(C3CC3)o2)c(C)c1S(=O)(=O)N1CCCCCC1. The topological polar surface area (TPSA) is 92.1 Å². The van der Waals surface area contributed by atoms with Crippen LogP contribution in [0.25, 0.3) is 11.6 Å². The van der Waals surface area contributed by atoms with Crippen molar-refractivity contribution in [3.05, 3.63) is 17.1 Å². The first-order valence-corrected chi connectivity index (χ1v) is 10.5. The fourth-order valence-electron chi connectivity index (χ4n) is 3.58. The molecule has 0 atom stereocenters. The lowest BCUT2D eigenvalue weighted by Crippen LogP contribution is -2.32. The smallest absolute Gasteiger partial charge is 0.264 e. The molecule has 0 radical (unpaired) electrons. The molecule has 0 amide bonds. The van der Waals surface area contributed by atoms with Gasteiger partial charge in [0.25, 0.3) is 5.89 Å². The second kappa shape index (κ2) is 6.25. The maximum absolute atomic E-state index is 13.2. The van der Waals surface area contributed by atoms with Gasteiger partial charge in [-0.2, -0.15) is 4.31 Å². The van der Waals surface area contributed by atoms with Crippen LogP contribution in [0, 0.1) is 13.8 Å². The van der Waals surface area contributed by atoms with Crippen molar-refractivity contribution in [2.24, 2.45) is 0 Å². The second-order valence-corrected chi connectivity index (χ2v) is 8.99. The Labute approximate surface area is 147 Å². The minimum atomic E-state index is -3.52. The Kier molecular flexibility index (Phi) is 4.19. The third-order valence-corrected chi connectivity index (χ3v) is 7.29. The first-order chi connectivity index (χ1) is 12.0. The van der Waals surface area contributed by atoms with Gasteiger partial charge in [0.2, 0.25) is 15.9 Å². The van der Waals surface area contributed by atoms with Crippen molar-refractivity contribution >= 4 is 10.0 Å². The lowest BCUT2D eigenvalue weighted by Gasteiger charge is -2.20. The van der Waals surface area contributed by atoms with E-state index in [1.807, 2.05) is 6.92 Å². The Balaban J connectivity index is 1.71. The standard InChI is InChI=1S/C17H24N4O3S/c1-11-14(17-20-19-16(24-17)13-7-8-13)18-12(2)15(11)25(22,23)21-9-5-3-4-6-10-21/h13,18H,3-10H2,1-2H3. The summed E-state index contributed by atoms with van der Waals surface area (Å²) in [7, 11) is -3.52. The molecule has 2 aromatic heterocycles. The Morgan fingerprint density at radius 2 is 1.76 bits per heavy atom. The van der Waals surface area contributed by atoms with Gasteiger partial charge < -0.3 is 9.40 Å². The van der Waals surface area contributed by atoms with Crippen molar-refractivity contribution in [3.8, 4) is 11.6 Å². The van der Waals surface area contributed by atoms with Gasteiger partial charge >= 0.3 is 0 Å². The predicted octanol–water partition coefficient (Wildman–Crippen LogP) is 3.12. The molecule has 4 rings (SSSR count). The summed E-state index contributed by atoms with van der Waals surface area (Å²) in [6, 6.07) is 0.